The predicted octanol–water partition coefficient (Wildman–Crippen LogP) is 1.56. The number of rotatable bonds is 5. The number of thioether (sulfide) groups is 1. The Balaban J connectivity index is 2.41. The van der Waals surface area contributed by atoms with Crippen molar-refractivity contribution < 1.29 is 19.1 Å². The fourth-order valence-corrected chi connectivity index (χ4v) is 2.18. The molecule has 0 aliphatic carbocycles. The van der Waals surface area contributed by atoms with Gasteiger partial charge in [-0.3, -0.25) is 14.9 Å². The van der Waals surface area contributed by atoms with Gasteiger partial charge < -0.3 is 10.5 Å². The average molecular weight is 317 g/mol. The van der Waals surface area contributed by atoms with E-state index in [4.69, 9.17) is 22.1 Å². The molecule has 1 aromatic rings. The number of imide groups is 1. The van der Waals surface area contributed by atoms with Gasteiger partial charge in [0.2, 0.25) is 0 Å². The summed E-state index contributed by atoms with van der Waals surface area (Å²) >= 11 is 7.02. The van der Waals surface area contributed by atoms with Gasteiger partial charge in [-0.1, -0.05) is 11.6 Å². The Labute approximate surface area is 125 Å². The molecule has 0 bridgehead atoms. The molecule has 0 radical (unpaired) electrons. The topological polar surface area (TPSA) is 98.5 Å². The number of ether oxygens (including phenoxy) is 1. The van der Waals surface area contributed by atoms with Crippen LogP contribution in [0.3, 0.4) is 0 Å². The second-order valence-electron chi connectivity index (χ2n) is 3.73. The summed E-state index contributed by atoms with van der Waals surface area (Å²) in [7, 11) is 0. The van der Waals surface area contributed by atoms with Crippen LogP contribution in [0.2, 0.25) is 5.02 Å². The number of urea groups is 1. The number of amides is 3. The third kappa shape index (κ3) is 5.94. The molecule has 0 fully saturated rings. The fraction of sp³-hybridized carbons (Fsp3) is 0.250. The maximum atomic E-state index is 11.6. The molecule has 1 aromatic carbocycles. The van der Waals surface area contributed by atoms with Crippen LogP contribution in [0.4, 0.5) is 4.79 Å². The number of halogens is 1. The smallest absolute Gasteiger partial charge is 0.319 e. The van der Waals surface area contributed by atoms with Gasteiger partial charge in [0.15, 0.2) is 6.61 Å². The summed E-state index contributed by atoms with van der Waals surface area (Å²) in [6, 6.07) is 5.98. The minimum absolute atomic E-state index is 0.502. The summed E-state index contributed by atoms with van der Waals surface area (Å²) in [5.74, 6) is -1.33. The molecular weight excluding hydrogens is 304 g/mol. The normalized spacial score (nSPS) is 11.5. The molecule has 0 saturated carbocycles. The molecule has 0 aromatic heterocycles. The van der Waals surface area contributed by atoms with Crippen LogP contribution in [0.5, 0.6) is 0 Å². The van der Waals surface area contributed by atoms with E-state index in [-0.39, 0.29) is 0 Å². The number of carbonyl (C=O) groups is 3. The van der Waals surface area contributed by atoms with Crippen molar-refractivity contribution in [2.45, 2.75) is 17.1 Å². The lowest BCUT2D eigenvalue weighted by Crippen LogP contribution is -2.38. The second kappa shape index (κ2) is 7.76. The van der Waals surface area contributed by atoms with Crippen LogP contribution in [0.25, 0.3) is 0 Å². The standard InChI is InChI=1S/C12H13ClN2O4S/c1-7(20-9-4-2-8(13)3-5-9)11(17)19-6-10(16)15-12(14)18/h2-5,7H,6H2,1H3,(H3,14,15,16,18)/t7-/m0/s1. The summed E-state index contributed by atoms with van der Waals surface area (Å²) in [4.78, 5) is 33.9. The van der Waals surface area contributed by atoms with Crippen LogP contribution in [-0.2, 0) is 14.3 Å². The molecule has 6 nitrogen and oxygen atoms in total. The van der Waals surface area contributed by atoms with Gasteiger partial charge in [0.25, 0.3) is 5.91 Å². The van der Waals surface area contributed by atoms with Gasteiger partial charge in [0.1, 0.15) is 5.25 Å². The summed E-state index contributed by atoms with van der Waals surface area (Å²) in [5, 5.41) is 1.90. The molecule has 8 heteroatoms. The van der Waals surface area contributed by atoms with E-state index >= 15 is 0 Å². The lowest BCUT2D eigenvalue weighted by atomic mass is 10.4. The largest absolute Gasteiger partial charge is 0.455 e. The highest BCUT2D eigenvalue weighted by Crippen LogP contribution is 2.25. The third-order valence-electron chi connectivity index (χ3n) is 2.07. The van der Waals surface area contributed by atoms with Gasteiger partial charge in [-0.2, -0.15) is 0 Å². The van der Waals surface area contributed by atoms with Gasteiger partial charge in [0.05, 0.1) is 0 Å². The minimum Gasteiger partial charge on any atom is -0.455 e. The maximum absolute atomic E-state index is 11.6. The van der Waals surface area contributed by atoms with Crippen molar-refractivity contribution in [1.82, 2.24) is 5.32 Å². The van der Waals surface area contributed by atoms with Crippen LogP contribution in [0, 0.1) is 0 Å². The van der Waals surface area contributed by atoms with Gasteiger partial charge in [-0.25, -0.2) is 4.79 Å². The molecule has 0 aliphatic rings. The van der Waals surface area contributed by atoms with E-state index in [0.29, 0.717) is 5.02 Å². The molecule has 0 spiro atoms. The Hall–Kier alpha value is -1.73. The fourth-order valence-electron chi connectivity index (χ4n) is 1.19. The SMILES string of the molecule is C[C@H](Sc1ccc(Cl)cc1)C(=O)OCC(=O)NC(N)=O. The molecule has 1 rings (SSSR count). The van der Waals surface area contributed by atoms with E-state index < -0.39 is 29.8 Å². The van der Waals surface area contributed by atoms with Gasteiger partial charge >= 0.3 is 12.0 Å². The van der Waals surface area contributed by atoms with E-state index in [2.05, 4.69) is 0 Å². The number of nitrogens with one attached hydrogen (secondary N) is 1. The van der Waals surface area contributed by atoms with Crippen LogP contribution >= 0.6 is 23.4 Å². The summed E-state index contributed by atoms with van der Waals surface area (Å²) in [5.41, 5.74) is 4.75. The first-order valence-corrected chi connectivity index (χ1v) is 6.82. The van der Waals surface area contributed by atoms with Crippen molar-refractivity contribution >= 4 is 41.3 Å². The molecule has 0 heterocycles. The Kier molecular flexibility index (Phi) is 6.33. The number of carbonyl (C=O) groups excluding carboxylic acids is 3. The predicted molar refractivity (Wildman–Crippen MR) is 75.5 cm³/mol. The van der Waals surface area contributed by atoms with Crippen molar-refractivity contribution in [1.29, 1.82) is 0 Å². The Morgan fingerprint density at radius 3 is 2.50 bits per heavy atom. The first-order valence-electron chi connectivity index (χ1n) is 5.56. The third-order valence-corrected chi connectivity index (χ3v) is 3.41. The first-order chi connectivity index (χ1) is 9.38. The summed E-state index contributed by atoms with van der Waals surface area (Å²) < 4.78 is 4.76. The molecular formula is C12H13ClN2O4S. The van der Waals surface area contributed by atoms with E-state index in [1.54, 1.807) is 36.5 Å². The highest BCUT2D eigenvalue weighted by atomic mass is 35.5. The number of benzene rings is 1. The van der Waals surface area contributed by atoms with Crippen molar-refractivity contribution in [2.75, 3.05) is 6.61 Å². The summed E-state index contributed by atoms with van der Waals surface area (Å²) in [6.07, 6.45) is 0. The molecule has 1 atom stereocenters. The van der Waals surface area contributed by atoms with E-state index in [1.807, 2.05) is 0 Å². The molecule has 0 unspecified atom stereocenters. The molecule has 3 N–H and O–H groups in total. The number of esters is 1. The van der Waals surface area contributed by atoms with Crippen LogP contribution in [0.15, 0.2) is 29.2 Å². The van der Waals surface area contributed by atoms with Crippen molar-refractivity contribution in [2.24, 2.45) is 5.73 Å². The molecule has 108 valence electrons. The van der Waals surface area contributed by atoms with E-state index in [0.717, 1.165) is 4.90 Å². The Bertz CT molecular complexity index is 507. The van der Waals surface area contributed by atoms with Crippen molar-refractivity contribution in [3.63, 3.8) is 0 Å². The van der Waals surface area contributed by atoms with Crippen molar-refractivity contribution in [3.8, 4) is 0 Å². The first kappa shape index (κ1) is 16.3. The van der Waals surface area contributed by atoms with E-state index in [9.17, 15) is 14.4 Å². The molecule has 0 saturated heterocycles. The molecule has 0 aliphatic heterocycles. The van der Waals surface area contributed by atoms with Gasteiger partial charge in [-0.15, -0.1) is 11.8 Å². The van der Waals surface area contributed by atoms with Crippen LogP contribution < -0.4 is 11.1 Å². The average Bonchev–Trinajstić information content (AvgIpc) is 2.37. The second-order valence-corrected chi connectivity index (χ2v) is 5.58. The highest BCUT2D eigenvalue weighted by molar-refractivity contribution is 8.00. The molecule has 3 amide bonds. The van der Waals surface area contributed by atoms with Gasteiger partial charge in [0, 0.05) is 9.92 Å². The zero-order valence-electron chi connectivity index (χ0n) is 10.6. The van der Waals surface area contributed by atoms with Crippen molar-refractivity contribution in [3.05, 3.63) is 29.3 Å². The summed E-state index contributed by atoms with van der Waals surface area (Å²) in [6.45, 7) is 1.10. The Morgan fingerprint density at radius 2 is 1.95 bits per heavy atom. The molecule has 20 heavy (non-hydrogen) atoms. The number of nitrogens with two attached hydrogens (primary N) is 1. The zero-order valence-corrected chi connectivity index (χ0v) is 12.2. The van der Waals surface area contributed by atoms with Crippen LogP contribution in [0.1, 0.15) is 6.92 Å². The van der Waals surface area contributed by atoms with E-state index in [1.165, 1.54) is 11.8 Å². The minimum atomic E-state index is -0.991. The number of hydrogen-bond donors (Lipinski definition) is 2. The van der Waals surface area contributed by atoms with Gasteiger partial charge in [-0.05, 0) is 31.2 Å². The Morgan fingerprint density at radius 1 is 1.35 bits per heavy atom. The monoisotopic (exact) mass is 316 g/mol. The number of hydrogen-bond acceptors (Lipinski definition) is 5. The zero-order chi connectivity index (χ0) is 15.1. The lowest BCUT2D eigenvalue weighted by molar-refractivity contribution is -0.147. The highest BCUT2D eigenvalue weighted by Gasteiger charge is 2.17. The van der Waals surface area contributed by atoms with Crippen LogP contribution in [-0.4, -0.2) is 29.8 Å². The lowest BCUT2D eigenvalue weighted by Gasteiger charge is -2.10. The maximum Gasteiger partial charge on any atom is 0.319 e. The number of primary amides is 1. The quantitative estimate of drug-likeness (QED) is 0.634.